The molecule has 23 heavy (non-hydrogen) atoms. The fourth-order valence-corrected chi connectivity index (χ4v) is 3.73. The van der Waals surface area contributed by atoms with E-state index in [4.69, 9.17) is 4.74 Å². The minimum atomic E-state index is -0.0195. The van der Waals surface area contributed by atoms with Gasteiger partial charge in [-0.3, -0.25) is 9.69 Å². The Bertz CT molecular complexity index is 710. The van der Waals surface area contributed by atoms with Crippen molar-refractivity contribution in [3.8, 4) is 0 Å². The summed E-state index contributed by atoms with van der Waals surface area (Å²) in [5.74, 6) is -0.0195. The van der Waals surface area contributed by atoms with Crippen molar-refractivity contribution in [3.63, 3.8) is 0 Å². The van der Waals surface area contributed by atoms with Crippen LogP contribution in [0.2, 0.25) is 0 Å². The van der Waals surface area contributed by atoms with Crippen molar-refractivity contribution < 1.29 is 9.53 Å². The van der Waals surface area contributed by atoms with Gasteiger partial charge in [-0.05, 0) is 36.2 Å². The highest BCUT2D eigenvalue weighted by atomic mass is 16.5. The molecule has 0 bridgehead atoms. The molecular weight excluding hydrogens is 288 g/mol. The van der Waals surface area contributed by atoms with Crippen LogP contribution in [-0.2, 0) is 4.74 Å². The fourth-order valence-electron chi connectivity index (χ4n) is 3.73. The molecule has 1 amide bonds. The van der Waals surface area contributed by atoms with E-state index in [2.05, 4.69) is 10.2 Å². The molecule has 4 rings (SSSR count). The van der Waals surface area contributed by atoms with Crippen molar-refractivity contribution in [2.75, 3.05) is 26.2 Å². The Labute approximate surface area is 136 Å². The molecule has 1 N–H and O–H groups in total. The van der Waals surface area contributed by atoms with Crippen LogP contribution in [0.3, 0.4) is 0 Å². The zero-order chi connectivity index (χ0) is 15.6. The van der Waals surface area contributed by atoms with E-state index in [-0.39, 0.29) is 12.0 Å². The lowest BCUT2D eigenvalue weighted by molar-refractivity contribution is -0.0461. The van der Waals surface area contributed by atoms with Gasteiger partial charge in [0.2, 0.25) is 0 Å². The number of morpholine rings is 1. The van der Waals surface area contributed by atoms with Crippen molar-refractivity contribution >= 4 is 16.7 Å². The van der Waals surface area contributed by atoms with Gasteiger partial charge in [0.15, 0.2) is 0 Å². The first-order valence-corrected chi connectivity index (χ1v) is 8.43. The van der Waals surface area contributed by atoms with Crippen molar-refractivity contribution in [1.82, 2.24) is 10.2 Å². The first-order valence-electron chi connectivity index (χ1n) is 8.43. The van der Waals surface area contributed by atoms with Crippen molar-refractivity contribution in [2.45, 2.75) is 25.0 Å². The molecule has 2 saturated heterocycles. The molecule has 4 nitrogen and oxygen atoms in total. The number of hydrogen-bond acceptors (Lipinski definition) is 3. The Morgan fingerprint density at radius 3 is 3.04 bits per heavy atom. The summed E-state index contributed by atoms with van der Waals surface area (Å²) in [6.45, 7) is 3.47. The van der Waals surface area contributed by atoms with E-state index in [1.807, 2.05) is 42.5 Å². The van der Waals surface area contributed by atoms with Crippen molar-refractivity contribution in [1.29, 1.82) is 0 Å². The van der Waals surface area contributed by atoms with Crippen LogP contribution in [0.4, 0.5) is 0 Å². The Hall–Kier alpha value is -1.91. The van der Waals surface area contributed by atoms with Crippen LogP contribution < -0.4 is 5.32 Å². The molecule has 4 heteroatoms. The van der Waals surface area contributed by atoms with Crippen LogP contribution in [0.5, 0.6) is 0 Å². The predicted octanol–water partition coefficient (Wildman–Crippen LogP) is 2.43. The van der Waals surface area contributed by atoms with Crippen LogP contribution in [0.25, 0.3) is 10.8 Å². The number of nitrogens with one attached hydrogen (secondary N) is 1. The fraction of sp³-hybridized carbons (Fsp3) is 0.421. The van der Waals surface area contributed by atoms with E-state index in [1.165, 1.54) is 19.4 Å². The topological polar surface area (TPSA) is 41.6 Å². The average Bonchev–Trinajstić information content (AvgIpc) is 3.07. The van der Waals surface area contributed by atoms with Gasteiger partial charge in [-0.1, -0.05) is 36.4 Å². The third-order valence-electron chi connectivity index (χ3n) is 4.99. The summed E-state index contributed by atoms with van der Waals surface area (Å²) in [5, 5.41) is 5.14. The lowest BCUT2D eigenvalue weighted by Crippen LogP contribution is -2.50. The second-order valence-corrected chi connectivity index (χ2v) is 6.48. The van der Waals surface area contributed by atoms with Gasteiger partial charge in [0.05, 0.1) is 12.7 Å². The van der Waals surface area contributed by atoms with Crippen LogP contribution in [-0.4, -0.2) is 49.2 Å². The molecule has 0 aromatic heterocycles. The summed E-state index contributed by atoms with van der Waals surface area (Å²) in [4.78, 5) is 15.0. The number of fused-ring (bicyclic) bond motifs is 2. The van der Waals surface area contributed by atoms with Gasteiger partial charge in [-0.25, -0.2) is 0 Å². The number of ether oxygens (including phenoxy) is 1. The van der Waals surface area contributed by atoms with Crippen molar-refractivity contribution in [2.24, 2.45) is 0 Å². The minimum Gasteiger partial charge on any atom is -0.373 e. The van der Waals surface area contributed by atoms with Crippen LogP contribution in [0.15, 0.2) is 42.5 Å². The SMILES string of the molecule is O=C(NC[C@@H]1CN2CCC[C@H]2CO1)c1cccc2ccccc12. The van der Waals surface area contributed by atoms with Gasteiger partial charge in [0.1, 0.15) is 0 Å². The first kappa shape index (κ1) is 14.7. The average molecular weight is 310 g/mol. The molecule has 0 spiro atoms. The molecule has 2 aliphatic rings. The lowest BCUT2D eigenvalue weighted by Gasteiger charge is -2.35. The normalized spacial score (nSPS) is 24.5. The second-order valence-electron chi connectivity index (χ2n) is 6.48. The lowest BCUT2D eigenvalue weighted by atomic mass is 10.0. The van der Waals surface area contributed by atoms with E-state index in [1.54, 1.807) is 0 Å². The van der Waals surface area contributed by atoms with E-state index in [0.29, 0.717) is 12.6 Å². The third-order valence-corrected chi connectivity index (χ3v) is 4.99. The minimum absolute atomic E-state index is 0.0195. The van der Waals surface area contributed by atoms with Gasteiger partial charge >= 0.3 is 0 Å². The highest BCUT2D eigenvalue weighted by molar-refractivity contribution is 6.06. The van der Waals surface area contributed by atoms with E-state index >= 15 is 0 Å². The van der Waals surface area contributed by atoms with E-state index in [0.717, 1.165) is 29.5 Å². The largest absolute Gasteiger partial charge is 0.373 e. The van der Waals surface area contributed by atoms with Gasteiger partial charge in [-0.15, -0.1) is 0 Å². The maximum absolute atomic E-state index is 12.5. The molecule has 2 heterocycles. The molecule has 2 atom stereocenters. The quantitative estimate of drug-likeness (QED) is 0.947. The summed E-state index contributed by atoms with van der Waals surface area (Å²) in [6, 6.07) is 14.4. The van der Waals surface area contributed by atoms with Gasteiger partial charge in [0, 0.05) is 24.7 Å². The molecule has 2 aliphatic heterocycles. The molecule has 120 valence electrons. The van der Waals surface area contributed by atoms with E-state index < -0.39 is 0 Å². The molecular formula is C19H22N2O2. The summed E-state index contributed by atoms with van der Waals surface area (Å²) in [7, 11) is 0. The number of amides is 1. The first-order chi connectivity index (χ1) is 11.3. The molecule has 0 saturated carbocycles. The Balaban J connectivity index is 1.41. The number of carbonyl (C=O) groups excluding carboxylic acids is 1. The van der Waals surface area contributed by atoms with Gasteiger partial charge in [-0.2, -0.15) is 0 Å². The number of nitrogens with zero attached hydrogens (tertiary/aromatic N) is 1. The van der Waals surface area contributed by atoms with E-state index in [9.17, 15) is 4.79 Å². The smallest absolute Gasteiger partial charge is 0.252 e. The summed E-state index contributed by atoms with van der Waals surface area (Å²) in [6.07, 6.45) is 2.61. The number of hydrogen-bond donors (Lipinski definition) is 1. The summed E-state index contributed by atoms with van der Waals surface area (Å²) < 4.78 is 5.91. The summed E-state index contributed by atoms with van der Waals surface area (Å²) >= 11 is 0. The van der Waals surface area contributed by atoms with Crippen LogP contribution in [0.1, 0.15) is 23.2 Å². The zero-order valence-electron chi connectivity index (χ0n) is 13.2. The number of rotatable bonds is 3. The second kappa shape index (κ2) is 6.30. The van der Waals surface area contributed by atoms with Crippen LogP contribution in [0, 0.1) is 0 Å². The molecule has 0 aliphatic carbocycles. The van der Waals surface area contributed by atoms with Gasteiger partial charge in [0.25, 0.3) is 5.91 Å². The number of carbonyl (C=O) groups is 1. The molecule has 2 aromatic rings. The molecule has 2 fully saturated rings. The van der Waals surface area contributed by atoms with Gasteiger partial charge < -0.3 is 10.1 Å². The Kier molecular flexibility index (Phi) is 4.02. The third kappa shape index (κ3) is 2.96. The van der Waals surface area contributed by atoms with Crippen molar-refractivity contribution in [3.05, 3.63) is 48.0 Å². The highest BCUT2D eigenvalue weighted by Gasteiger charge is 2.32. The molecule has 0 radical (unpaired) electrons. The maximum atomic E-state index is 12.5. The Morgan fingerprint density at radius 1 is 1.22 bits per heavy atom. The zero-order valence-corrected chi connectivity index (χ0v) is 13.2. The molecule has 2 aromatic carbocycles. The highest BCUT2D eigenvalue weighted by Crippen LogP contribution is 2.22. The Morgan fingerprint density at radius 2 is 2.09 bits per heavy atom. The maximum Gasteiger partial charge on any atom is 0.252 e. The summed E-state index contributed by atoms with van der Waals surface area (Å²) in [5.41, 5.74) is 0.734. The number of benzene rings is 2. The van der Waals surface area contributed by atoms with Crippen LogP contribution >= 0.6 is 0 Å². The standard InChI is InChI=1S/C19H22N2O2/c22-19(18-9-3-6-14-5-1-2-8-17(14)18)20-11-16-12-21-10-4-7-15(21)13-23-16/h1-3,5-6,8-9,15-16H,4,7,10-13H2,(H,20,22)/t15-,16+/m0/s1. The predicted molar refractivity (Wildman–Crippen MR) is 90.6 cm³/mol. The monoisotopic (exact) mass is 310 g/mol. The molecule has 0 unspecified atom stereocenters.